The molecular weight excluding hydrogens is 358 g/mol. The first-order valence-corrected chi connectivity index (χ1v) is 9.52. The summed E-state index contributed by atoms with van der Waals surface area (Å²) in [6, 6.07) is 15.6. The average molecular weight is 379 g/mol. The van der Waals surface area contributed by atoms with Crippen LogP contribution in [0.15, 0.2) is 53.9 Å². The number of aryl methyl sites for hydroxylation is 1. The predicted molar refractivity (Wildman–Crippen MR) is 109 cm³/mol. The summed E-state index contributed by atoms with van der Waals surface area (Å²) < 4.78 is 0. The molecule has 0 aliphatic rings. The van der Waals surface area contributed by atoms with Crippen molar-refractivity contribution in [2.24, 2.45) is 0 Å². The van der Waals surface area contributed by atoms with E-state index < -0.39 is 0 Å². The number of rotatable bonds is 6. The van der Waals surface area contributed by atoms with E-state index in [0.717, 1.165) is 27.5 Å². The van der Waals surface area contributed by atoms with Crippen LogP contribution in [0.2, 0.25) is 0 Å². The van der Waals surface area contributed by atoms with E-state index in [1.165, 1.54) is 12.5 Å². The number of carbonyl (C=O) groups excluding carboxylic acids is 2. The van der Waals surface area contributed by atoms with E-state index in [2.05, 4.69) is 21.7 Å². The molecule has 0 unspecified atom stereocenters. The molecule has 6 heteroatoms. The number of anilines is 1. The Kier molecular flexibility index (Phi) is 5.98. The Labute approximate surface area is 162 Å². The van der Waals surface area contributed by atoms with Crippen LogP contribution in [0.1, 0.15) is 23.7 Å². The van der Waals surface area contributed by atoms with Crippen LogP contribution in [-0.4, -0.2) is 16.8 Å². The molecule has 3 rings (SSSR count). The normalized spacial score (nSPS) is 10.4. The lowest BCUT2D eigenvalue weighted by Gasteiger charge is -2.06. The van der Waals surface area contributed by atoms with Gasteiger partial charge in [0.2, 0.25) is 11.8 Å². The molecular formula is C21H21N3O2S. The summed E-state index contributed by atoms with van der Waals surface area (Å²) in [5.41, 5.74) is 4.74. The van der Waals surface area contributed by atoms with E-state index >= 15 is 0 Å². The fraction of sp³-hybridized carbons (Fsp3) is 0.190. The second kappa shape index (κ2) is 8.60. The molecule has 3 aromatic rings. The molecule has 0 atom stereocenters. The first kappa shape index (κ1) is 18.8. The molecule has 0 radical (unpaired) electrons. The van der Waals surface area contributed by atoms with Gasteiger partial charge in [0.25, 0.3) is 0 Å². The third kappa shape index (κ3) is 5.49. The third-order valence-electron chi connectivity index (χ3n) is 3.92. The maximum atomic E-state index is 12.2. The lowest BCUT2D eigenvalue weighted by molar-refractivity contribution is -0.120. The van der Waals surface area contributed by atoms with E-state index in [1.54, 1.807) is 11.3 Å². The Morgan fingerprint density at radius 3 is 2.59 bits per heavy atom. The number of hydrogen-bond donors (Lipinski definition) is 2. The molecule has 0 fully saturated rings. The Balaban J connectivity index is 1.53. The van der Waals surface area contributed by atoms with E-state index in [0.29, 0.717) is 6.54 Å². The first-order valence-electron chi connectivity index (χ1n) is 8.64. The van der Waals surface area contributed by atoms with Crippen LogP contribution in [0.25, 0.3) is 10.6 Å². The second-order valence-electron chi connectivity index (χ2n) is 6.35. The van der Waals surface area contributed by atoms with Gasteiger partial charge >= 0.3 is 0 Å². The SMILES string of the molecule is CC(=O)Nc1ccc(CNC(=O)Cc2csc(-c3cccc(C)c3)n2)cc1. The lowest BCUT2D eigenvalue weighted by Crippen LogP contribution is -2.24. The average Bonchev–Trinajstić information content (AvgIpc) is 3.09. The highest BCUT2D eigenvalue weighted by Crippen LogP contribution is 2.24. The van der Waals surface area contributed by atoms with E-state index in [4.69, 9.17) is 0 Å². The molecule has 5 nitrogen and oxygen atoms in total. The molecule has 0 saturated heterocycles. The topological polar surface area (TPSA) is 71.1 Å². The number of nitrogens with zero attached hydrogens (tertiary/aromatic N) is 1. The molecule has 0 saturated carbocycles. The van der Waals surface area contributed by atoms with Crippen molar-refractivity contribution in [2.45, 2.75) is 26.8 Å². The summed E-state index contributed by atoms with van der Waals surface area (Å²) in [4.78, 5) is 27.8. The smallest absolute Gasteiger partial charge is 0.226 e. The zero-order chi connectivity index (χ0) is 19.2. The first-order chi connectivity index (χ1) is 13.0. The van der Waals surface area contributed by atoms with E-state index in [9.17, 15) is 9.59 Å². The largest absolute Gasteiger partial charge is 0.352 e. The molecule has 2 amide bonds. The van der Waals surface area contributed by atoms with E-state index in [-0.39, 0.29) is 18.2 Å². The summed E-state index contributed by atoms with van der Waals surface area (Å²) in [5.74, 6) is -0.175. The Morgan fingerprint density at radius 1 is 1.11 bits per heavy atom. The highest BCUT2D eigenvalue weighted by Gasteiger charge is 2.09. The molecule has 0 bridgehead atoms. The number of amides is 2. The molecule has 0 aliphatic carbocycles. The maximum Gasteiger partial charge on any atom is 0.226 e. The van der Waals surface area contributed by atoms with Gasteiger partial charge in [0.1, 0.15) is 5.01 Å². The Hall–Kier alpha value is -2.99. The van der Waals surface area contributed by atoms with Gasteiger partial charge in [0, 0.05) is 30.1 Å². The number of thiazole rings is 1. The molecule has 27 heavy (non-hydrogen) atoms. The monoisotopic (exact) mass is 379 g/mol. The van der Waals surface area contributed by atoms with Gasteiger partial charge in [-0.1, -0.05) is 35.9 Å². The van der Waals surface area contributed by atoms with Crippen molar-refractivity contribution in [3.63, 3.8) is 0 Å². The molecule has 2 N–H and O–H groups in total. The number of aromatic nitrogens is 1. The van der Waals surface area contributed by atoms with Gasteiger partial charge in [0.15, 0.2) is 0 Å². The van der Waals surface area contributed by atoms with Gasteiger partial charge in [-0.2, -0.15) is 0 Å². The Morgan fingerprint density at radius 2 is 1.89 bits per heavy atom. The number of nitrogens with one attached hydrogen (secondary N) is 2. The number of benzene rings is 2. The number of hydrogen-bond acceptors (Lipinski definition) is 4. The van der Waals surface area contributed by atoms with Gasteiger partial charge in [-0.3, -0.25) is 9.59 Å². The van der Waals surface area contributed by atoms with Crippen LogP contribution in [-0.2, 0) is 22.6 Å². The zero-order valence-electron chi connectivity index (χ0n) is 15.3. The van der Waals surface area contributed by atoms with Gasteiger partial charge in [-0.05, 0) is 30.7 Å². The third-order valence-corrected chi connectivity index (χ3v) is 4.86. The zero-order valence-corrected chi connectivity index (χ0v) is 16.1. The van der Waals surface area contributed by atoms with Crippen molar-refractivity contribution in [3.05, 3.63) is 70.7 Å². The van der Waals surface area contributed by atoms with Crippen molar-refractivity contribution in [3.8, 4) is 10.6 Å². The minimum Gasteiger partial charge on any atom is -0.352 e. The summed E-state index contributed by atoms with van der Waals surface area (Å²) in [7, 11) is 0. The summed E-state index contributed by atoms with van der Waals surface area (Å²) in [6.45, 7) is 3.96. The fourth-order valence-corrected chi connectivity index (χ4v) is 3.45. The highest BCUT2D eigenvalue weighted by atomic mass is 32.1. The van der Waals surface area contributed by atoms with Crippen LogP contribution in [0.3, 0.4) is 0 Å². The Bertz CT molecular complexity index is 948. The molecule has 1 heterocycles. The minimum atomic E-state index is -0.107. The summed E-state index contributed by atoms with van der Waals surface area (Å²) >= 11 is 1.55. The highest BCUT2D eigenvalue weighted by molar-refractivity contribution is 7.13. The molecule has 1 aromatic heterocycles. The van der Waals surface area contributed by atoms with Crippen LogP contribution in [0.5, 0.6) is 0 Å². The van der Waals surface area contributed by atoms with E-state index in [1.807, 2.05) is 54.8 Å². The van der Waals surface area contributed by atoms with Crippen molar-refractivity contribution in [2.75, 3.05) is 5.32 Å². The summed E-state index contributed by atoms with van der Waals surface area (Å²) in [5, 5.41) is 8.48. The van der Waals surface area contributed by atoms with Crippen LogP contribution in [0.4, 0.5) is 5.69 Å². The minimum absolute atomic E-state index is 0.0676. The maximum absolute atomic E-state index is 12.2. The standard InChI is InChI=1S/C21H21N3O2S/c1-14-4-3-5-17(10-14)21-24-19(13-27-21)11-20(26)22-12-16-6-8-18(9-7-16)23-15(2)25/h3-10,13H,11-12H2,1-2H3,(H,22,26)(H,23,25). The quantitative estimate of drug-likeness (QED) is 0.682. The van der Waals surface area contributed by atoms with Gasteiger partial charge in [-0.15, -0.1) is 11.3 Å². The van der Waals surface area contributed by atoms with Gasteiger partial charge in [0.05, 0.1) is 12.1 Å². The number of carbonyl (C=O) groups is 2. The van der Waals surface area contributed by atoms with Crippen molar-refractivity contribution in [1.29, 1.82) is 0 Å². The van der Waals surface area contributed by atoms with Crippen LogP contribution < -0.4 is 10.6 Å². The van der Waals surface area contributed by atoms with Crippen molar-refractivity contribution in [1.82, 2.24) is 10.3 Å². The molecule has 0 aliphatic heterocycles. The second-order valence-corrected chi connectivity index (χ2v) is 7.20. The summed E-state index contributed by atoms with van der Waals surface area (Å²) in [6.07, 6.45) is 0.256. The van der Waals surface area contributed by atoms with Crippen LogP contribution in [0, 0.1) is 6.92 Å². The molecule has 138 valence electrons. The van der Waals surface area contributed by atoms with Gasteiger partial charge < -0.3 is 10.6 Å². The fourth-order valence-electron chi connectivity index (χ4n) is 2.64. The van der Waals surface area contributed by atoms with Gasteiger partial charge in [-0.25, -0.2) is 4.98 Å². The van der Waals surface area contributed by atoms with Crippen molar-refractivity contribution >= 4 is 28.8 Å². The molecule has 2 aromatic carbocycles. The lowest BCUT2D eigenvalue weighted by atomic mass is 10.1. The molecule has 0 spiro atoms. The van der Waals surface area contributed by atoms with Crippen molar-refractivity contribution < 1.29 is 9.59 Å². The predicted octanol–water partition coefficient (Wildman–Crippen LogP) is 3.94. The van der Waals surface area contributed by atoms with Crippen LogP contribution >= 0.6 is 11.3 Å².